The van der Waals surface area contributed by atoms with Crippen LogP contribution in [0.5, 0.6) is 0 Å². The second-order valence-corrected chi connectivity index (χ2v) is 3.98. The van der Waals surface area contributed by atoms with E-state index in [4.69, 9.17) is 22.6 Å². The monoisotopic (exact) mass is 243 g/mol. The molecular weight excluding hydrogens is 234 g/mol. The van der Waals surface area contributed by atoms with Crippen LogP contribution < -0.4 is 11.1 Å². The summed E-state index contributed by atoms with van der Waals surface area (Å²) < 4.78 is 0. The Hall–Kier alpha value is -2.18. The van der Waals surface area contributed by atoms with Gasteiger partial charge in [0.2, 0.25) is 0 Å². The normalized spacial score (nSPS) is 9.65. The van der Waals surface area contributed by atoms with E-state index in [1.807, 2.05) is 12.1 Å². The Morgan fingerprint density at radius 3 is 2.47 bits per heavy atom. The van der Waals surface area contributed by atoms with Crippen LogP contribution in [0.4, 0.5) is 17.1 Å². The molecule has 0 aromatic heterocycles. The summed E-state index contributed by atoms with van der Waals surface area (Å²) in [5.41, 5.74) is 8.68. The fourth-order valence-electron chi connectivity index (χ4n) is 1.42. The average molecular weight is 244 g/mol. The molecule has 0 aliphatic rings. The molecule has 0 unspecified atom stereocenters. The number of hydrogen-bond donors (Lipinski definition) is 2. The van der Waals surface area contributed by atoms with E-state index in [1.54, 1.807) is 30.3 Å². The number of nitrogens with two attached hydrogens (primary N) is 1. The molecule has 0 atom stereocenters. The summed E-state index contributed by atoms with van der Waals surface area (Å²) in [6.07, 6.45) is 0. The SMILES string of the molecule is N#Cc1ccc(Nc2cc(Cl)ccc2N)cc1. The van der Waals surface area contributed by atoms with Crippen LogP contribution in [0.25, 0.3) is 0 Å². The van der Waals surface area contributed by atoms with E-state index in [2.05, 4.69) is 11.4 Å². The van der Waals surface area contributed by atoms with Gasteiger partial charge in [-0.1, -0.05) is 11.6 Å². The predicted molar refractivity (Wildman–Crippen MR) is 70.3 cm³/mol. The van der Waals surface area contributed by atoms with E-state index in [9.17, 15) is 0 Å². The van der Waals surface area contributed by atoms with E-state index in [0.717, 1.165) is 11.4 Å². The van der Waals surface area contributed by atoms with Crippen molar-refractivity contribution in [1.29, 1.82) is 5.26 Å². The maximum Gasteiger partial charge on any atom is 0.0991 e. The summed E-state index contributed by atoms with van der Waals surface area (Å²) in [6.45, 7) is 0. The minimum absolute atomic E-state index is 0.620. The van der Waals surface area contributed by atoms with Crippen molar-refractivity contribution in [3.63, 3.8) is 0 Å². The summed E-state index contributed by atoms with van der Waals surface area (Å²) in [7, 11) is 0. The number of anilines is 3. The van der Waals surface area contributed by atoms with Gasteiger partial charge in [0, 0.05) is 10.7 Å². The molecular formula is C13H10ClN3. The maximum atomic E-state index is 8.69. The number of hydrogen-bond acceptors (Lipinski definition) is 3. The molecule has 0 heterocycles. The van der Waals surface area contributed by atoms with Crippen molar-refractivity contribution >= 4 is 28.7 Å². The van der Waals surface area contributed by atoms with Crippen LogP contribution in [-0.4, -0.2) is 0 Å². The van der Waals surface area contributed by atoms with Crippen molar-refractivity contribution in [1.82, 2.24) is 0 Å². The highest BCUT2D eigenvalue weighted by molar-refractivity contribution is 6.31. The van der Waals surface area contributed by atoms with Crippen LogP contribution in [0.3, 0.4) is 0 Å². The molecule has 3 N–H and O–H groups in total. The molecule has 2 aromatic rings. The fraction of sp³-hybridized carbons (Fsp3) is 0. The van der Waals surface area contributed by atoms with Gasteiger partial charge in [-0.25, -0.2) is 0 Å². The smallest absolute Gasteiger partial charge is 0.0991 e. The van der Waals surface area contributed by atoms with Crippen LogP contribution in [0, 0.1) is 11.3 Å². The van der Waals surface area contributed by atoms with Gasteiger partial charge < -0.3 is 11.1 Å². The third kappa shape index (κ3) is 2.68. The van der Waals surface area contributed by atoms with Crippen LogP contribution in [0.15, 0.2) is 42.5 Å². The second kappa shape index (κ2) is 4.77. The molecule has 0 spiro atoms. The lowest BCUT2D eigenvalue weighted by Gasteiger charge is -2.09. The van der Waals surface area contributed by atoms with Gasteiger partial charge >= 0.3 is 0 Å². The van der Waals surface area contributed by atoms with Crippen LogP contribution in [-0.2, 0) is 0 Å². The van der Waals surface area contributed by atoms with Crippen LogP contribution in [0.1, 0.15) is 5.56 Å². The molecule has 4 heteroatoms. The van der Waals surface area contributed by atoms with Crippen molar-refractivity contribution in [2.75, 3.05) is 11.1 Å². The molecule has 0 saturated carbocycles. The number of rotatable bonds is 2. The molecule has 2 rings (SSSR count). The van der Waals surface area contributed by atoms with Gasteiger partial charge in [-0.3, -0.25) is 0 Å². The van der Waals surface area contributed by atoms with Crippen molar-refractivity contribution in [3.05, 3.63) is 53.1 Å². The lowest BCUT2D eigenvalue weighted by Crippen LogP contribution is -1.96. The third-order valence-electron chi connectivity index (χ3n) is 2.31. The first-order chi connectivity index (χ1) is 8.19. The largest absolute Gasteiger partial charge is 0.397 e. The third-order valence-corrected chi connectivity index (χ3v) is 2.54. The molecule has 0 saturated heterocycles. The highest BCUT2D eigenvalue weighted by Crippen LogP contribution is 2.26. The standard InChI is InChI=1S/C13H10ClN3/c14-10-3-6-12(16)13(7-10)17-11-4-1-9(8-15)2-5-11/h1-7,17H,16H2. The summed E-state index contributed by atoms with van der Waals surface area (Å²) in [6, 6.07) is 14.4. The van der Waals surface area contributed by atoms with E-state index < -0.39 is 0 Å². The first-order valence-electron chi connectivity index (χ1n) is 5.01. The molecule has 3 nitrogen and oxygen atoms in total. The van der Waals surface area contributed by atoms with Gasteiger partial charge in [0.25, 0.3) is 0 Å². The number of nitriles is 1. The number of nitrogens with zero attached hydrogens (tertiary/aromatic N) is 1. The van der Waals surface area contributed by atoms with E-state index >= 15 is 0 Å². The van der Waals surface area contributed by atoms with Crippen LogP contribution >= 0.6 is 11.6 Å². The number of benzene rings is 2. The molecule has 0 fully saturated rings. The molecule has 0 aliphatic heterocycles. The minimum Gasteiger partial charge on any atom is -0.397 e. The molecule has 0 radical (unpaired) electrons. The van der Waals surface area contributed by atoms with Gasteiger partial charge in [-0.05, 0) is 42.5 Å². The van der Waals surface area contributed by atoms with Crippen molar-refractivity contribution in [2.24, 2.45) is 0 Å². The lowest BCUT2D eigenvalue weighted by atomic mass is 10.2. The zero-order valence-electron chi connectivity index (χ0n) is 8.94. The molecule has 0 aliphatic carbocycles. The van der Waals surface area contributed by atoms with Gasteiger partial charge in [0.15, 0.2) is 0 Å². The second-order valence-electron chi connectivity index (χ2n) is 3.55. The number of nitrogen functional groups attached to an aromatic ring is 1. The number of halogens is 1. The van der Waals surface area contributed by atoms with E-state index in [-0.39, 0.29) is 0 Å². The van der Waals surface area contributed by atoms with Gasteiger partial charge in [0.05, 0.1) is 23.0 Å². The molecule has 17 heavy (non-hydrogen) atoms. The highest BCUT2D eigenvalue weighted by atomic mass is 35.5. The Balaban J connectivity index is 2.25. The first kappa shape index (κ1) is 11.3. The summed E-state index contributed by atoms with van der Waals surface area (Å²) in [4.78, 5) is 0. The first-order valence-corrected chi connectivity index (χ1v) is 5.39. The Labute approximate surface area is 104 Å². The molecule has 84 valence electrons. The quantitative estimate of drug-likeness (QED) is 0.793. The molecule has 2 aromatic carbocycles. The Morgan fingerprint density at radius 2 is 1.82 bits per heavy atom. The van der Waals surface area contributed by atoms with Crippen molar-refractivity contribution in [2.45, 2.75) is 0 Å². The fourth-order valence-corrected chi connectivity index (χ4v) is 1.59. The van der Waals surface area contributed by atoms with Crippen molar-refractivity contribution in [3.8, 4) is 6.07 Å². The van der Waals surface area contributed by atoms with Gasteiger partial charge in [0.1, 0.15) is 0 Å². The Bertz CT molecular complexity index is 570. The Kier molecular flexibility index (Phi) is 3.17. The lowest BCUT2D eigenvalue weighted by molar-refractivity contribution is 1.47. The minimum atomic E-state index is 0.620. The average Bonchev–Trinajstić information content (AvgIpc) is 2.35. The topological polar surface area (TPSA) is 61.8 Å². The van der Waals surface area contributed by atoms with Gasteiger partial charge in [-0.15, -0.1) is 0 Å². The summed E-state index contributed by atoms with van der Waals surface area (Å²) in [5, 5.41) is 12.5. The predicted octanol–water partition coefficient (Wildman–Crippen LogP) is 3.54. The molecule has 0 bridgehead atoms. The number of nitrogens with one attached hydrogen (secondary N) is 1. The molecule has 0 amide bonds. The van der Waals surface area contributed by atoms with E-state index in [0.29, 0.717) is 16.3 Å². The summed E-state index contributed by atoms with van der Waals surface area (Å²) in [5.74, 6) is 0. The summed E-state index contributed by atoms with van der Waals surface area (Å²) >= 11 is 5.89. The maximum absolute atomic E-state index is 8.69. The van der Waals surface area contributed by atoms with Crippen molar-refractivity contribution < 1.29 is 0 Å². The van der Waals surface area contributed by atoms with Gasteiger partial charge in [-0.2, -0.15) is 5.26 Å². The van der Waals surface area contributed by atoms with Crippen LogP contribution in [0.2, 0.25) is 5.02 Å². The zero-order chi connectivity index (χ0) is 12.3. The Morgan fingerprint density at radius 1 is 1.12 bits per heavy atom. The highest BCUT2D eigenvalue weighted by Gasteiger charge is 2.01. The van der Waals surface area contributed by atoms with E-state index in [1.165, 1.54) is 0 Å². The zero-order valence-corrected chi connectivity index (χ0v) is 9.70.